The van der Waals surface area contributed by atoms with Gasteiger partial charge in [-0.3, -0.25) is 9.78 Å². The fraction of sp³-hybridized carbons (Fsp3) is 0. The van der Waals surface area contributed by atoms with Crippen LogP contribution in [0.1, 0.15) is 10.4 Å². The van der Waals surface area contributed by atoms with E-state index in [2.05, 4.69) is 47.1 Å². The largest absolute Gasteiger partial charge is 0.436 e. The molecule has 0 saturated heterocycles. The van der Waals surface area contributed by atoms with Crippen molar-refractivity contribution in [2.24, 2.45) is 0 Å². The smallest absolute Gasteiger partial charge is 0.257 e. The van der Waals surface area contributed by atoms with Gasteiger partial charge in [-0.1, -0.05) is 27.5 Å². The van der Waals surface area contributed by atoms with Crippen molar-refractivity contribution in [3.63, 3.8) is 0 Å². The molecule has 2 aromatic carbocycles. The number of hydrogen-bond acceptors (Lipinski definition) is 4. The monoisotopic (exact) mass is 505 g/mol. The molecule has 0 unspecified atom stereocenters. The molecule has 2 aromatic heterocycles. The maximum atomic E-state index is 12.4. The number of nitrogens with one attached hydrogen (secondary N) is 1. The van der Waals surface area contributed by atoms with Gasteiger partial charge < -0.3 is 9.73 Å². The Kier molecular flexibility index (Phi) is 4.99. The van der Waals surface area contributed by atoms with Crippen LogP contribution in [-0.2, 0) is 0 Å². The van der Waals surface area contributed by atoms with Crippen LogP contribution in [0.2, 0.25) is 5.02 Å². The summed E-state index contributed by atoms with van der Waals surface area (Å²) in [6.07, 6.45) is 3.12. The minimum atomic E-state index is -0.262. The predicted molar refractivity (Wildman–Crippen MR) is 112 cm³/mol. The summed E-state index contributed by atoms with van der Waals surface area (Å²) in [6.45, 7) is 0. The van der Waals surface area contributed by atoms with E-state index in [4.69, 9.17) is 16.0 Å². The molecule has 4 aromatic rings. The zero-order valence-corrected chi connectivity index (χ0v) is 17.5. The number of pyridine rings is 1. The number of benzene rings is 2. The van der Waals surface area contributed by atoms with Crippen molar-refractivity contribution in [2.75, 3.05) is 5.32 Å². The minimum absolute atomic E-state index is 0.262. The second-order valence-corrected chi connectivity index (χ2v) is 7.91. The number of anilines is 1. The maximum absolute atomic E-state index is 12.4. The Balaban J connectivity index is 1.65. The van der Waals surface area contributed by atoms with Gasteiger partial charge in [0.05, 0.1) is 16.1 Å². The molecule has 0 fully saturated rings. The molecule has 0 saturated carbocycles. The first-order chi connectivity index (χ1) is 13.0. The summed E-state index contributed by atoms with van der Waals surface area (Å²) >= 11 is 13.0. The molecule has 8 heteroatoms. The molecule has 1 amide bonds. The lowest BCUT2D eigenvalue weighted by Crippen LogP contribution is -2.12. The fourth-order valence-electron chi connectivity index (χ4n) is 2.52. The van der Waals surface area contributed by atoms with Gasteiger partial charge in [0.2, 0.25) is 5.89 Å². The molecule has 0 aliphatic heterocycles. The van der Waals surface area contributed by atoms with Gasteiger partial charge >= 0.3 is 0 Å². The first kappa shape index (κ1) is 18.2. The molecule has 5 nitrogen and oxygen atoms in total. The third-order valence-electron chi connectivity index (χ3n) is 3.77. The van der Waals surface area contributed by atoms with Crippen molar-refractivity contribution >= 4 is 66.2 Å². The van der Waals surface area contributed by atoms with Gasteiger partial charge in [0.15, 0.2) is 5.58 Å². The van der Waals surface area contributed by atoms with E-state index in [-0.39, 0.29) is 5.91 Å². The second-order valence-electron chi connectivity index (χ2n) is 5.67. The molecule has 134 valence electrons. The first-order valence-corrected chi connectivity index (χ1v) is 9.74. The summed E-state index contributed by atoms with van der Waals surface area (Å²) in [5, 5.41) is 3.37. The van der Waals surface area contributed by atoms with Gasteiger partial charge in [0.25, 0.3) is 5.91 Å². The number of amides is 1. The average molecular weight is 508 g/mol. The molecule has 2 heterocycles. The lowest BCUT2D eigenvalue weighted by atomic mass is 10.2. The van der Waals surface area contributed by atoms with E-state index >= 15 is 0 Å². The molecule has 4 rings (SSSR count). The Morgan fingerprint density at radius 2 is 1.89 bits per heavy atom. The Labute approximate surface area is 176 Å². The molecule has 0 bridgehead atoms. The van der Waals surface area contributed by atoms with Crippen molar-refractivity contribution in [1.82, 2.24) is 9.97 Å². The van der Waals surface area contributed by atoms with Gasteiger partial charge in [-0.2, -0.15) is 0 Å². The molecule has 0 atom stereocenters. The molecule has 0 aliphatic carbocycles. The van der Waals surface area contributed by atoms with Crippen LogP contribution in [0.4, 0.5) is 5.69 Å². The number of fused-ring (bicyclic) bond motifs is 1. The molecule has 1 N–H and O–H groups in total. The number of hydrogen-bond donors (Lipinski definition) is 1. The highest BCUT2D eigenvalue weighted by atomic mass is 79.9. The third-order valence-corrected chi connectivity index (χ3v) is 5.03. The highest BCUT2D eigenvalue weighted by Gasteiger charge is 2.14. The van der Waals surface area contributed by atoms with Gasteiger partial charge in [0, 0.05) is 27.0 Å². The number of halogens is 3. The number of aromatic nitrogens is 2. The average Bonchev–Trinajstić information content (AvgIpc) is 3.07. The zero-order chi connectivity index (χ0) is 19.0. The van der Waals surface area contributed by atoms with Crippen molar-refractivity contribution in [3.05, 3.63) is 74.4 Å². The van der Waals surface area contributed by atoms with Crippen LogP contribution in [0.25, 0.3) is 22.6 Å². The Morgan fingerprint density at radius 3 is 2.70 bits per heavy atom. The molecule has 27 heavy (non-hydrogen) atoms. The summed E-state index contributed by atoms with van der Waals surface area (Å²) in [7, 11) is 0. The number of carbonyl (C=O) groups is 1. The lowest BCUT2D eigenvalue weighted by Gasteiger charge is -2.04. The molecule has 0 spiro atoms. The Hall–Kier alpha value is -2.22. The summed E-state index contributed by atoms with van der Waals surface area (Å²) < 4.78 is 7.41. The molecular weight excluding hydrogens is 497 g/mol. The van der Waals surface area contributed by atoms with Crippen molar-refractivity contribution in [3.8, 4) is 11.5 Å². The van der Waals surface area contributed by atoms with E-state index in [0.29, 0.717) is 38.8 Å². The fourth-order valence-corrected chi connectivity index (χ4v) is 3.45. The molecule has 0 radical (unpaired) electrons. The van der Waals surface area contributed by atoms with Crippen molar-refractivity contribution < 1.29 is 9.21 Å². The number of carbonyl (C=O) groups excluding carboxylic acids is 1. The van der Waals surface area contributed by atoms with Crippen LogP contribution in [0.5, 0.6) is 0 Å². The van der Waals surface area contributed by atoms with Crippen molar-refractivity contribution in [2.45, 2.75) is 0 Å². The minimum Gasteiger partial charge on any atom is -0.436 e. The number of nitrogens with zero attached hydrogens (tertiary/aromatic N) is 2. The first-order valence-electron chi connectivity index (χ1n) is 7.77. The topological polar surface area (TPSA) is 68.0 Å². The van der Waals surface area contributed by atoms with Crippen LogP contribution >= 0.6 is 43.5 Å². The Bertz CT molecular complexity index is 1180. The number of rotatable bonds is 3. The van der Waals surface area contributed by atoms with E-state index in [9.17, 15) is 4.79 Å². The number of oxazole rings is 1. The van der Waals surface area contributed by atoms with Gasteiger partial charge in [0.1, 0.15) is 5.52 Å². The van der Waals surface area contributed by atoms with Crippen molar-refractivity contribution in [1.29, 1.82) is 0 Å². The van der Waals surface area contributed by atoms with E-state index in [1.807, 2.05) is 12.1 Å². The van der Waals surface area contributed by atoms with Crippen LogP contribution in [0.15, 0.2) is 68.2 Å². The van der Waals surface area contributed by atoms with Gasteiger partial charge in [-0.05, 0) is 58.4 Å². The highest BCUT2D eigenvalue weighted by molar-refractivity contribution is 9.10. The quantitative estimate of drug-likeness (QED) is 0.352. The van der Waals surface area contributed by atoms with Gasteiger partial charge in [-0.25, -0.2) is 4.98 Å². The van der Waals surface area contributed by atoms with E-state index < -0.39 is 0 Å². The summed E-state index contributed by atoms with van der Waals surface area (Å²) in [5.41, 5.74) is 2.96. The molecule has 0 aliphatic rings. The summed E-state index contributed by atoms with van der Waals surface area (Å²) in [4.78, 5) is 20.9. The second kappa shape index (κ2) is 7.42. The normalized spacial score (nSPS) is 10.9. The standard InChI is InChI=1S/C19H10Br2ClN3O2/c20-11-1-3-15(22)14(6-11)19-25-16-7-13(2-4-17(16)27-19)24-18(26)10-5-12(21)9-23-8-10/h1-9H,(H,24,26). The van der Waals surface area contributed by atoms with E-state index in [0.717, 1.165) is 8.95 Å². The van der Waals surface area contributed by atoms with Gasteiger partial charge in [-0.15, -0.1) is 0 Å². The van der Waals surface area contributed by atoms with E-state index in [1.165, 1.54) is 6.20 Å². The zero-order valence-electron chi connectivity index (χ0n) is 13.5. The summed E-state index contributed by atoms with van der Waals surface area (Å²) in [6, 6.07) is 12.4. The lowest BCUT2D eigenvalue weighted by molar-refractivity contribution is 0.102. The van der Waals surface area contributed by atoms with Crippen LogP contribution in [0, 0.1) is 0 Å². The van der Waals surface area contributed by atoms with Crippen LogP contribution in [0.3, 0.4) is 0 Å². The van der Waals surface area contributed by atoms with E-state index in [1.54, 1.807) is 36.5 Å². The van der Waals surface area contributed by atoms with Crippen LogP contribution in [-0.4, -0.2) is 15.9 Å². The predicted octanol–water partition coefficient (Wildman–Crippen LogP) is 6.32. The maximum Gasteiger partial charge on any atom is 0.257 e. The highest BCUT2D eigenvalue weighted by Crippen LogP contribution is 2.33. The Morgan fingerprint density at radius 1 is 1.04 bits per heavy atom. The van der Waals surface area contributed by atoms with Crippen LogP contribution < -0.4 is 5.32 Å². The summed E-state index contributed by atoms with van der Waals surface area (Å²) in [5.74, 6) is 0.151. The SMILES string of the molecule is O=C(Nc1ccc2oc(-c3cc(Br)ccc3Cl)nc2c1)c1cncc(Br)c1. The third kappa shape index (κ3) is 3.90. The molecular formula is C19H10Br2ClN3O2.